The van der Waals surface area contributed by atoms with Crippen molar-refractivity contribution < 1.29 is 9.21 Å². The molecule has 2 heterocycles. The lowest BCUT2D eigenvalue weighted by molar-refractivity contribution is -0.133. The smallest absolute Gasteiger partial charge is 0.298 e. The summed E-state index contributed by atoms with van der Waals surface area (Å²) in [5, 5.41) is 0. The van der Waals surface area contributed by atoms with Gasteiger partial charge in [0.1, 0.15) is 5.52 Å². The highest BCUT2D eigenvalue weighted by Gasteiger charge is 2.26. The number of anilines is 1. The summed E-state index contributed by atoms with van der Waals surface area (Å²) in [7, 11) is 0. The maximum absolute atomic E-state index is 12.2. The number of carbonyl (C=O) groups excluding carboxylic acids is 1. The van der Waals surface area contributed by atoms with Gasteiger partial charge in [-0.1, -0.05) is 25.5 Å². The van der Waals surface area contributed by atoms with Crippen molar-refractivity contribution in [3.8, 4) is 0 Å². The van der Waals surface area contributed by atoms with Crippen LogP contribution < -0.4 is 10.6 Å². The van der Waals surface area contributed by atoms with Crippen LogP contribution in [0.25, 0.3) is 11.1 Å². The average molecular weight is 339 g/mol. The fourth-order valence-corrected chi connectivity index (χ4v) is 2.78. The molecular weight excluding hydrogens is 316 g/mol. The van der Waals surface area contributed by atoms with E-state index in [1.54, 1.807) is 0 Å². The third-order valence-electron chi connectivity index (χ3n) is 4.06. The monoisotopic (exact) mass is 338 g/mol. The zero-order chi connectivity index (χ0) is 15.5. The van der Waals surface area contributed by atoms with Crippen LogP contribution in [0, 0.1) is 0 Å². The van der Waals surface area contributed by atoms with Gasteiger partial charge in [0.25, 0.3) is 6.01 Å². The van der Waals surface area contributed by atoms with Crippen molar-refractivity contribution in [3.63, 3.8) is 0 Å². The van der Waals surface area contributed by atoms with E-state index in [-0.39, 0.29) is 24.4 Å². The molecule has 7 heteroatoms. The fourth-order valence-electron chi connectivity index (χ4n) is 2.78. The van der Waals surface area contributed by atoms with Crippen molar-refractivity contribution in [3.05, 3.63) is 24.3 Å². The molecule has 1 atom stereocenters. The molecule has 0 aliphatic carbocycles. The normalized spacial score (nSPS) is 16.3. The number of nitrogens with two attached hydrogens (primary N) is 1. The second kappa shape index (κ2) is 7.66. The number of hydrogen-bond acceptors (Lipinski definition) is 5. The van der Waals surface area contributed by atoms with E-state index in [0.29, 0.717) is 19.1 Å². The van der Waals surface area contributed by atoms with Gasteiger partial charge >= 0.3 is 0 Å². The predicted molar refractivity (Wildman–Crippen MR) is 92.9 cm³/mol. The molecule has 0 saturated carbocycles. The molecule has 2 N–H and O–H groups in total. The fraction of sp³-hybridized carbons (Fsp3) is 0.500. The van der Waals surface area contributed by atoms with Crippen molar-refractivity contribution >= 4 is 35.4 Å². The van der Waals surface area contributed by atoms with E-state index in [2.05, 4.69) is 9.88 Å². The van der Waals surface area contributed by atoms with Crippen LogP contribution in [-0.2, 0) is 4.79 Å². The molecule has 0 bridgehead atoms. The molecule has 2 aromatic rings. The highest BCUT2D eigenvalue weighted by molar-refractivity contribution is 5.85. The Morgan fingerprint density at radius 1 is 1.30 bits per heavy atom. The molecule has 1 aliphatic rings. The van der Waals surface area contributed by atoms with E-state index in [4.69, 9.17) is 10.2 Å². The van der Waals surface area contributed by atoms with E-state index in [0.717, 1.165) is 37.0 Å². The third-order valence-corrected chi connectivity index (χ3v) is 4.06. The minimum Gasteiger partial charge on any atom is -0.423 e. The summed E-state index contributed by atoms with van der Waals surface area (Å²) >= 11 is 0. The molecule has 1 unspecified atom stereocenters. The molecule has 126 valence electrons. The van der Waals surface area contributed by atoms with Gasteiger partial charge in [-0.25, -0.2) is 0 Å². The summed E-state index contributed by atoms with van der Waals surface area (Å²) in [4.78, 5) is 20.6. The first-order valence-electron chi connectivity index (χ1n) is 7.84. The molecule has 1 aliphatic heterocycles. The van der Waals surface area contributed by atoms with Crippen LogP contribution in [0.4, 0.5) is 6.01 Å². The lowest BCUT2D eigenvalue weighted by Crippen LogP contribution is -2.53. The highest BCUT2D eigenvalue weighted by Crippen LogP contribution is 2.22. The van der Waals surface area contributed by atoms with Crippen LogP contribution in [0.3, 0.4) is 0 Å². The Balaban J connectivity index is 0.00000192. The average Bonchev–Trinajstić information content (AvgIpc) is 2.98. The number of hydrogen-bond donors (Lipinski definition) is 1. The van der Waals surface area contributed by atoms with Crippen LogP contribution in [0.15, 0.2) is 28.7 Å². The Labute approximate surface area is 142 Å². The zero-order valence-electron chi connectivity index (χ0n) is 13.3. The van der Waals surface area contributed by atoms with Crippen molar-refractivity contribution in [2.24, 2.45) is 5.73 Å². The van der Waals surface area contributed by atoms with Crippen LogP contribution >= 0.6 is 12.4 Å². The number of carbonyl (C=O) groups is 1. The third kappa shape index (κ3) is 3.76. The van der Waals surface area contributed by atoms with Gasteiger partial charge in [0.2, 0.25) is 5.91 Å². The van der Waals surface area contributed by atoms with Crippen LogP contribution in [-0.4, -0.2) is 48.0 Å². The van der Waals surface area contributed by atoms with Gasteiger partial charge in [-0.3, -0.25) is 4.79 Å². The molecule has 0 radical (unpaired) electrons. The van der Waals surface area contributed by atoms with Gasteiger partial charge in [0.15, 0.2) is 5.58 Å². The van der Waals surface area contributed by atoms with Gasteiger partial charge in [-0.15, -0.1) is 12.4 Å². The predicted octanol–water partition coefficient (Wildman–Crippen LogP) is 2.03. The van der Waals surface area contributed by atoms with E-state index < -0.39 is 0 Å². The Bertz CT molecular complexity index is 619. The quantitative estimate of drug-likeness (QED) is 0.923. The van der Waals surface area contributed by atoms with Gasteiger partial charge in [-0.05, 0) is 18.6 Å². The Hall–Kier alpha value is -1.79. The number of rotatable bonds is 4. The van der Waals surface area contributed by atoms with Crippen LogP contribution in [0.1, 0.15) is 19.8 Å². The standard InChI is InChI=1S/C16H22N4O2.ClH/c1-2-5-12(17)15(21)19-8-10-20(11-9-19)16-18-13-6-3-4-7-14(13)22-16;/h3-4,6-7,12H,2,5,8-11,17H2,1H3;1H. The number of piperazine rings is 1. The molecule has 3 rings (SSSR count). The number of benzene rings is 1. The topological polar surface area (TPSA) is 75.6 Å². The van der Waals surface area contributed by atoms with E-state index >= 15 is 0 Å². The number of amides is 1. The van der Waals surface area contributed by atoms with Crippen molar-refractivity contribution in [2.75, 3.05) is 31.1 Å². The minimum atomic E-state index is -0.374. The van der Waals surface area contributed by atoms with Crippen molar-refractivity contribution in [1.29, 1.82) is 0 Å². The number of aromatic nitrogens is 1. The van der Waals surface area contributed by atoms with Gasteiger partial charge in [0, 0.05) is 26.2 Å². The minimum absolute atomic E-state index is 0. The van der Waals surface area contributed by atoms with E-state index in [1.807, 2.05) is 36.1 Å². The second-order valence-electron chi connectivity index (χ2n) is 5.67. The van der Waals surface area contributed by atoms with Crippen molar-refractivity contribution in [1.82, 2.24) is 9.88 Å². The Morgan fingerprint density at radius 2 is 2.00 bits per heavy atom. The number of para-hydroxylation sites is 2. The molecule has 1 aromatic carbocycles. The lowest BCUT2D eigenvalue weighted by atomic mass is 10.1. The number of nitrogens with zero attached hydrogens (tertiary/aromatic N) is 3. The van der Waals surface area contributed by atoms with Crippen molar-refractivity contribution in [2.45, 2.75) is 25.8 Å². The van der Waals surface area contributed by atoms with Crippen LogP contribution in [0.5, 0.6) is 0 Å². The summed E-state index contributed by atoms with van der Waals surface area (Å²) in [5.41, 5.74) is 7.57. The zero-order valence-corrected chi connectivity index (χ0v) is 14.1. The largest absolute Gasteiger partial charge is 0.423 e. The molecule has 1 aromatic heterocycles. The molecule has 1 amide bonds. The summed E-state index contributed by atoms with van der Waals surface area (Å²) in [6, 6.07) is 7.98. The highest BCUT2D eigenvalue weighted by atomic mass is 35.5. The molecule has 1 saturated heterocycles. The summed E-state index contributed by atoms with van der Waals surface area (Å²) in [6.45, 7) is 4.80. The maximum atomic E-state index is 12.2. The van der Waals surface area contributed by atoms with Gasteiger partial charge in [-0.2, -0.15) is 4.98 Å². The molecule has 6 nitrogen and oxygen atoms in total. The Kier molecular flexibility index (Phi) is 5.85. The van der Waals surface area contributed by atoms with Gasteiger partial charge in [0.05, 0.1) is 6.04 Å². The van der Waals surface area contributed by atoms with E-state index in [9.17, 15) is 4.79 Å². The number of fused-ring (bicyclic) bond motifs is 1. The SMILES string of the molecule is CCCC(N)C(=O)N1CCN(c2nc3ccccc3o2)CC1.Cl. The first kappa shape index (κ1) is 17.6. The summed E-state index contributed by atoms with van der Waals surface area (Å²) < 4.78 is 5.78. The number of oxazole rings is 1. The molecular formula is C16H23ClN4O2. The van der Waals surface area contributed by atoms with Crippen LogP contribution in [0.2, 0.25) is 0 Å². The maximum Gasteiger partial charge on any atom is 0.298 e. The van der Waals surface area contributed by atoms with Gasteiger partial charge < -0.3 is 20.0 Å². The molecule has 0 spiro atoms. The molecule has 23 heavy (non-hydrogen) atoms. The summed E-state index contributed by atoms with van der Waals surface area (Å²) in [6.07, 6.45) is 1.67. The molecule has 1 fully saturated rings. The second-order valence-corrected chi connectivity index (χ2v) is 5.67. The summed E-state index contributed by atoms with van der Waals surface area (Å²) in [5.74, 6) is 0.0547. The first-order valence-corrected chi connectivity index (χ1v) is 7.84. The Morgan fingerprint density at radius 3 is 2.65 bits per heavy atom. The lowest BCUT2D eigenvalue weighted by Gasteiger charge is -2.35. The van der Waals surface area contributed by atoms with E-state index in [1.165, 1.54) is 0 Å². The first-order chi connectivity index (χ1) is 10.7. The number of halogens is 1.